The molecular weight excluding hydrogens is 126 g/mol. The predicted molar refractivity (Wildman–Crippen MR) is 40.7 cm³/mol. The molecule has 0 saturated heterocycles. The van der Waals surface area contributed by atoms with Gasteiger partial charge >= 0.3 is 0 Å². The molecule has 10 heavy (non-hydrogen) atoms. The van der Waals surface area contributed by atoms with E-state index in [1.807, 2.05) is 13.0 Å². The molecule has 0 unspecified atom stereocenters. The summed E-state index contributed by atoms with van der Waals surface area (Å²) in [6.45, 7) is 2.01. The van der Waals surface area contributed by atoms with E-state index in [0.717, 1.165) is 12.8 Å². The molecule has 0 spiro atoms. The number of aryl methyl sites for hydroxylation is 1. The highest BCUT2D eigenvalue weighted by molar-refractivity contribution is 5.05. The summed E-state index contributed by atoms with van der Waals surface area (Å²) in [4.78, 5) is 0. The molecule has 0 aromatic carbocycles. The van der Waals surface area contributed by atoms with Crippen LogP contribution < -0.4 is 5.73 Å². The first-order valence-electron chi connectivity index (χ1n) is 3.55. The molecule has 2 N–H and O–H groups in total. The van der Waals surface area contributed by atoms with Gasteiger partial charge in [-0.15, -0.1) is 0 Å². The molecule has 0 aliphatic heterocycles. The molecule has 0 fully saturated rings. The average Bonchev–Trinajstić information content (AvgIpc) is 2.34. The second-order valence-corrected chi connectivity index (χ2v) is 2.65. The van der Waals surface area contributed by atoms with Crippen LogP contribution in [0.4, 0.5) is 0 Å². The molecule has 1 aromatic rings. The highest BCUT2D eigenvalue weighted by atomic mass is 16.3. The molecule has 2 nitrogen and oxygen atoms in total. The van der Waals surface area contributed by atoms with E-state index in [1.54, 1.807) is 12.5 Å². The SMILES string of the molecule is C[C@@H](N)CCc1ccoc1. The Bertz CT molecular complexity index is 167. The van der Waals surface area contributed by atoms with Crippen molar-refractivity contribution in [2.75, 3.05) is 0 Å². The molecule has 0 aliphatic rings. The number of furan rings is 1. The highest BCUT2D eigenvalue weighted by Crippen LogP contribution is 2.04. The summed E-state index contributed by atoms with van der Waals surface area (Å²) in [5.41, 5.74) is 6.81. The lowest BCUT2D eigenvalue weighted by Gasteiger charge is -2.00. The Labute approximate surface area is 61.0 Å². The van der Waals surface area contributed by atoms with Crippen LogP contribution >= 0.6 is 0 Å². The topological polar surface area (TPSA) is 39.2 Å². The zero-order chi connectivity index (χ0) is 7.40. The third kappa shape index (κ3) is 2.23. The fraction of sp³-hybridized carbons (Fsp3) is 0.500. The number of rotatable bonds is 3. The van der Waals surface area contributed by atoms with Crippen molar-refractivity contribution in [3.8, 4) is 0 Å². The van der Waals surface area contributed by atoms with E-state index in [-0.39, 0.29) is 6.04 Å². The van der Waals surface area contributed by atoms with Crippen molar-refractivity contribution in [1.82, 2.24) is 0 Å². The zero-order valence-corrected chi connectivity index (χ0v) is 6.21. The first-order valence-corrected chi connectivity index (χ1v) is 3.55. The van der Waals surface area contributed by atoms with Crippen molar-refractivity contribution in [2.24, 2.45) is 5.73 Å². The van der Waals surface area contributed by atoms with Gasteiger partial charge < -0.3 is 10.2 Å². The number of hydrogen-bond donors (Lipinski definition) is 1. The van der Waals surface area contributed by atoms with Gasteiger partial charge in [-0.05, 0) is 31.4 Å². The molecule has 0 amide bonds. The maximum absolute atomic E-state index is 5.58. The highest BCUT2D eigenvalue weighted by Gasteiger charge is 1.96. The summed E-state index contributed by atoms with van der Waals surface area (Å²) in [5.74, 6) is 0. The van der Waals surface area contributed by atoms with Gasteiger partial charge in [-0.3, -0.25) is 0 Å². The Morgan fingerprint density at radius 3 is 3.00 bits per heavy atom. The standard InChI is InChI=1S/C8H13NO/c1-7(9)2-3-8-4-5-10-6-8/h4-7H,2-3,9H2,1H3/t7-/m1/s1. The zero-order valence-electron chi connectivity index (χ0n) is 6.21. The molecule has 56 valence electrons. The normalized spacial score (nSPS) is 13.4. The molecule has 1 aromatic heterocycles. The van der Waals surface area contributed by atoms with Crippen molar-refractivity contribution >= 4 is 0 Å². The molecule has 0 radical (unpaired) electrons. The monoisotopic (exact) mass is 139 g/mol. The van der Waals surface area contributed by atoms with Crippen LogP contribution in [-0.2, 0) is 6.42 Å². The van der Waals surface area contributed by atoms with Gasteiger partial charge in [0, 0.05) is 6.04 Å². The van der Waals surface area contributed by atoms with Gasteiger partial charge in [0.05, 0.1) is 12.5 Å². The summed E-state index contributed by atoms with van der Waals surface area (Å²) < 4.78 is 4.91. The Kier molecular flexibility index (Phi) is 2.51. The number of hydrogen-bond acceptors (Lipinski definition) is 2. The molecule has 0 aliphatic carbocycles. The molecule has 0 bridgehead atoms. The number of nitrogens with two attached hydrogens (primary N) is 1. The van der Waals surface area contributed by atoms with Crippen LogP contribution in [0.3, 0.4) is 0 Å². The lowest BCUT2D eigenvalue weighted by molar-refractivity contribution is 0.561. The van der Waals surface area contributed by atoms with Crippen LogP contribution in [-0.4, -0.2) is 6.04 Å². The van der Waals surface area contributed by atoms with E-state index in [0.29, 0.717) is 0 Å². The van der Waals surface area contributed by atoms with E-state index in [9.17, 15) is 0 Å². The van der Waals surface area contributed by atoms with Gasteiger partial charge in [0.1, 0.15) is 0 Å². The van der Waals surface area contributed by atoms with E-state index >= 15 is 0 Å². The van der Waals surface area contributed by atoms with Gasteiger partial charge in [-0.25, -0.2) is 0 Å². The maximum Gasteiger partial charge on any atom is 0.0934 e. The lowest BCUT2D eigenvalue weighted by Crippen LogP contribution is -2.15. The van der Waals surface area contributed by atoms with E-state index in [4.69, 9.17) is 10.2 Å². The third-order valence-corrected chi connectivity index (χ3v) is 1.47. The summed E-state index contributed by atoms with van der Waals surface area (Å²) in [6.07, 6.45) is 5.51. The summed E-state index contributed by atoms with van der Waals surface area (Å²) in [6, 6.07) is 2.26. The first kappa shape index (κ1) is 7.35. The summed E-state index contributed by atoms with van der Waals surface area (Å²) >= 11 is 0. The van der Waals surface area contributed by atoms with Crippen LogP contribution in [0.2, 0.25) is 0 Å². The molecule has 1 rings (SSSR count). The van der Waals surface area contributed by atoms with Crippen molar-refractivity contribution < 1.29 is 4.42 Å². The smallest absolute Gasteiger partial charge is 0.0934 e. The van der Waals surface area contributed by atoms with Crippen LogP contribution in [0, 0.1) is 0 Å². The fourth-order valence-electron chi connectivity index (χ4n) is 0.829. The predicted octanol–water partition coefficient (Wildman–Crippen LogP) is 1.56. The van der Waals surface area contributed by atoms with Gasteiger partial charge in [0.25, 0.3) is 0 Å². The van der Waals surface area contributed by atoms with Gasteiger partial charge in [0.15, 0.2) is 0 Å². The minimum absolute atomic E-state index is 0.287. The van der Waals surface area contributed by atoms with Crippen molar-refractivity contribution in [3.63, 3.8) is 0 Å². The minimum Gasteiger partial charge on any atom is -0.472 e. The van der Waals surface area contributed by atoms with Gasteiger partial charge in [-0.1, -0.05) is 0 Å². The molecular formula is C8H13NO. The van der Waals surface area contributed by atoms with Crippen LogP contribution in [0.15, 0.2) is 23.0 Å². The van der Waals surface area contributed by atoms with E-state index in [2.05, 4.69) is 0 Å². The largest absolute Gasteiger partial charge is 0.472 e. The minimum atomic E-state index is 0.287. The Balaban J connectivity index is 2.28. The molecule has 2 heteroatoms. The van der Waals surface area contributed by atoms with Crippen LogP contribution in [0.5, 0.6) is 0 Å². The molecule has 0 saturated carbocycles. The second kappa shape index (κ2) is 3.42. The van der Waals surface area contributed by atoms with Crippen molar-refractivity contribution in [1.29, 1.82) is 0 Å². The second-order valence-electron chi connectivity index (χ2n) is 2.65. The maximum atomic E-state index is 5.58. The third-order valence-electron chi connectivity index (χ3n) is 1.47. The summed E-state index contributed by atoms with van der Waals surface area (Å²) in [5, 5.41) is 0. The Morgan fingerprint density at radius 1 is 1.70 bits per heavy atom. The van der Waals surface area contributed by atoms with Gasteiger partial charge in [-0.2, -0.15) is 0 Å². The van der Waals surface area contributed by atoms with Crippen LogP contribution in [0.1, 0.15) is 18.9 Å². The first-order chi connectivity index (χ1) is 4.79. The van der Waals surface area contributed by atoms with Gasteiger partial charge in [0.2, 0.25) is 0 Å². The van der Waals surface area contributed by atoms with Crippen molar-refractivity contribution in [3.05, 3.63) is 24.2 Å². The molecule has 1 heterocycles. The van der Waals surface area contributed by atoms with Crippen LogP contribution in [0.25, 0.3) is 0 Å². The fourth-order valence-corrected chi connectivity index (χ4v) is 0.829. The van der Waals surface area contributed by atoms with E-state index < -0.39 is 0 Å². The Hall–Kier alpha value is -0.760. The van der Waals surface area contributed by atoms with E-state index in [1.165, 1.54) is 5.56 Å². The van der Waals surface area contributed by atoms with Crippen molar-refractivity contribution in [2.45, 2.75) is 25.8 Å². The quantitative estimate of drug-likeness (QED) is 0.690. The summed E-state index contributed by atoms with van der Waals surface area (Å²) in [7, 11) is 0. The molecule has 1 atom stereocenters. The lowest BCUT2D eigenvalue weighted by atomic mass is 10.1. The Morgan fingerprint density at radius 2 is 2.50 bits per heavy atom. The average molecular weight is 139 g/mol.